The quantitative estimate of drug-likeness (QED) is 0.878. The number of benzene rings is 1. The van der Waals surface area contributed by atoms with Gasteiger partial charge in [-0.2, -0.15) is 5.10 Å². The topological polar surface area (TPSA) is 66.0 Å². The minimum Gasteiger partial charge on any atom is -0.485 e. The van der Waals surface area contributed by atoms with Crippen molar-refractivity contribution < 1.29 is 4.74 Å². The van der Waals surface area contributed by atoms with E-state index in [2.05, 4.69) is 39.0 Å². The summed E-state index contributed by atoms with van der Waals surface area (Å²) in [6.45, 7) is 2.48. The predicted octanol–water partition coefficient (Wildman–Crippen LogP) is 2.44. The van der Waals surface area contributed by atoms with Gasteiger partial charge in [-0.1, -0.05) is 22.9 Å². The molecule has 1 aromatic carbocycles. The van der Waals surface area contributed by atoms with E-state index < -0.39 is 0 Å². The third-order valence-electron chi connectivity index (χ3n) is 3.19. The molecule has 0 aliphatic carbocycles. The average Bonchev–Trinajstić information content (AvgIpc) is 2.83. The van der Waals surface area contributed by atoms with Gasteiger partial charge in [-0.25, -0.2) is 4.98 Å². The standard InChI is InChI=1S/C14H19BrN4O/c1-3-12(16)7-10-6-11(15)4-5-13(10)20-8-14-17-9-18-19(14)2/h4-6,9,12H,3,7-8,16H2,1-2H3. The van der Waals surface area contributed by atoms with Gasteiger partial charge in [0, 0.05) is 17.6 Å². The molecule has 1 unspecified atom stereocenters. The van der Waals surface area contributed by atoms with Crippen LogP contribution in [0.15, 0.2) is 29.0 Å². The maximum Gasteiger partial charge on any atom is 0.164 e. The first-order chi connectivity index (χ1) is 9.60. The highest BCUT2D eigenvalue weighted by atomic mass is 79.9. The van der Waals surface area contributed by atoms with Crippen LogP contribution in [-0.4, -0.2) is 20.8 Å². The van der Waals surface area contributed by atoms with E-state index in [9.17, 15) is 0 Å². The first-order valence-corrected chi connectivity index (χ1v) is 7.39. The summed E-state index contributed by atoms with van der Waals surface area (Å²) in [4.78, 5) is 4.15. The highest BCUT2D eigenvalue weighted by Gasteiger charge is 2.10. The second-order valence-electron chi connectivity index (χ2n) is 4.71. The molecule has 0 amide bonds. The molecule has 2 N–H and O–H groups in total. The van der Waals surface area contributed by atoms with Gasteiger partial charge in [0.2, 0.25) is 0 Å². The molecule has 0 radical (unpaired) electrons. The fourth-order valence-corrected chi connectivity index (χ4v) is 2.28. The van der Waals surface area contributed by atoms with Crippen LogP contribution in [0.25, 0.3) is 0 Å². The Bertz CT molecular complexity index is 570. The number of ether oxygens (including phenoxy) is 1. The zero-order valence-corrected chi connectivity index (χ0v) is 13.3. The van der Waals surface area contributed by atoms with E-state index >= 15 is 0 Å². The summed E-state index contributed by atoms with van der Waals surface area (Å²) >= 11 is 3.49. The Morgan fingerprint density at radius 1 is 1.45 bits per heavy atom. The predicted molar refractivity (Wildman–Crippen MR) is 81.4 cm³/mol. The third-order valence-corrected chi connectivity index (χ3v) is 3.68. The van der Waals surface area contributed by atoms with E-state index in [1.54, 1.807) is 4.68 Å². The molecule has 20 heavy (non-hydrogen) atoms. The van der Waals surface area contributed by atoms with Crippen molar-refractivity contribution in [1.29, 1.82) is 0 Å². The molecule has 1 aromatic heterocycles. The lowest BCUT2D eigenvalue weighted by atomic mass is 10.0. The summed E-state index contributed by atoms with van der Waals surface area (Å²) < 4.78 is 8.60. The van der Waals surface area contributed by atoms with Crippen LogP contribution in [0, 0.1) is 0 Å². The van der Waals surface area contributed by atoms with Crippen molar-refractivity contribution in [3.05, 3.63) is 40.4 Å². The van der Waals surface area contributed by atoms with Gasteiger partial charge in [-0.05, 0) is 36.6 Å². The van der Waals surface area contributed by atoms with Crippen LogP contribution in [0.5, 0.6) is 5.75 Å². The molecule has 1 heterocycles. The van der Waals surface area contributed by atoms with Gasteiger partial charge in [-0.15, -0.1) is 0 Å². The van der Waals surface area contributed by atoms with Gasteiger partial charge < -0.3 is 10.5 Å². The fraction of sp³-hybridized carbons (Fsp3) is 0.429. The number of aromatic nitrogens is 3. The van der Waals surface area contributed by atoms with E-state index in [4.69, 9.17) is 10.5 Å². The van der Waals surface area contributed by atoms with Crippen LogP contribution in [-0.2, 0) is 20.1 Å². The van der Waals surface area contributed by atoms with Crippen molar-refractivity contribution in [3.8, 4) is 5.75 Å². The Balaban J connectivity index is 2.12. The second kappa shape index (κ2) is 6.85. The molecule has 6 heteroatoms. The summed E-state index contributed by atoms with van der Waals surface area (Å²) in [5.74, 6) is 1.64. The third kappa shape index (κ3) is 3.80. The summed E-state index contributed by atoms with van der Waals surface area (Å²) in [5, 5.41) is 4.03. The summed E-state index contributed by atoms with van der Waals surface area (Å²) in [6.07, 6.45) is 3.26. The monoisotopic (exact) mass is 338 g/mol. The Morgan fingerprint density at radius 3 is 2.90 bits per heavy atom. The molecule has 1 atom stereocenters. The highest BCUT2D eigenvalue weighted by Crippen LogP contribution is 2.25. The minimum absolute atomic E-state index is 0.140. The van der Waals surface area contributed by atoms with Gasteiger partial charge >= 0.3 is 0 Å². The van der Waals surface area contributed by atoms with Crippen molar-refractivity contribution in [2.45, 2.75) is 32.4 Å². The van der Waals surface area contributed by atoms with Crippen molar-refractivity contribution in [2.24, 2.45) is 12.8 Å². The van der Waals surface area contributed by atoms with Crippen LogP contribution in [0.2, 0.25) is 0 Å². The lowest BCUT2D eigenvalue weighted by Gasteiger charge is -2.14. The number of hydrogen-bond acceptors (Lipinski definition) is 4. The minimum atomic E-state index is 0.140. The van der Waals surface area contributed by atoms with Crippen LogP contribution < -0.4 is 10.5 Å². The maximum atomic E-state index is 6.04. The molecular formula is C14H19BrN4O. The summed E-state index contributed by atoms with van der Waals surface area (Å²) in [5.41, 5.74) is 7.15. The van der Waals surface area contributed by atoms with Crippen molar-refractivity contribution in [1.82, 2.24) is 14.8 Å². The molecule has 2 aromatic rings. The average molecular weight is 339 g/mol. The van der Waals surface area contributed by atoms with Gasteiger partial charge in [0.15, 0.2) is 5.82 Å². The number of hydrogen-bond donors (Lipinski definition) is 1. The molecule has 0 bridgehead atoms. The first kappa shape index (κ1) is 15.0. The number of halogens is 1. The van der Waals surface area contributed by atoms with Crippen molar-refractivity contribution in [3.63, 3.8) is 0 Å². The van der Waals surface area contributed by atoms with Crippen LogP contribution in [0.1, 0.15) is 24.7 Å². The Labute approximate surface area is 127 Å². The number of rotatable bonds is 6. The van der Waals surface area contributed by atoms with Gasteiger partial charge in [-0.3, -0.25) is 4.68 Å². The number of nitrogens with zero attached hydrogens (tertiary/aromatic N) is 3. The molecular weight excluding hydrogens is 320 g/mol. The van der Waals surface area contributed by atoms with Crippen molar-refractivity contribution >= 4 is 15.9 Å². The normalized spacial score (nSPS) is 12.4. The zero-order chi connectivity index (χ0) is 14.5. The van der Waals surface area contributed by atoms with Gasteiger partial charge in [0.25, 0.3) is 0 Å². The van der Waals surface area contributed by atoms with E-state index in [0.29, 0.717) is 6.61 Å². The summed E-state index contributed by atoms with van der Waals surface area (Å²) in [7, 11) is 1.85. The maximum absolute atomic E-state index is 6.04. The van der Waals surface area contributed by atoms with Crippen LogP contribution in [0.4, 0.5) is 0 Å². The molecule has 0 fully saturated rings. The molecule has 0 aliphatic heterocycles. The van der Waals surface area contributed by atoms with Crippen LogP contribution >= 0.6 is 15.9 Å². The molecule has 0 saturated heterocycles. The Hall–Kier alpha value is -1.40. The lowest BCUT2D eigenvalue weighted by Crippen LogP contribution is -2.21. The van der Waals surface area contributed by atoms with Crippen molar-refractivity contribution in [2.75, 3.05) is 0 Å². The van der Waals surface area contributed by atoms with Gasteiger partial charge in [0.1, 0.15) is 18.7 Å². The van der Waals surface area contributed by atoms with Crippen LogP contribution in [0.3, 0.4) is 0 Å². The molecule has 0 aliphatic rings. The zero-order valence-electron chi connectivity index (χ0n) is 11.7. The first-order valence-electron chi connectivity index (χ1n) is 6.59. The van der Waals surface area contributed by atoms with E-state index in [-0.39, 0.29) is 6.04 Å². The summed E-state index contributed by atoms with van der Waals surface area (Å²) in [6, 6.07) is 6.12. The lowest BCUT2D eigenvalue weighted by molar-refractivity contribution is 0.286. The van der Waals surface area contributed by atoms with E-state index in [1.807, 2.05) is 19.2 Å². The molecule has 108 valence electrons. The second-order valence-corrected chi connectivity index (χ2v) is 5.63. The molecule has 0 saturated carbocycles. The molecule has 0 spiro atoms. The van der Waals surface area contributed by atoms with E-state index in [1.165, 1.54) is 6.33 Å². The largest absolute Gasteiger partial charge is 0.485 e. The Kier molecular flexibility index (Phi) is 5.14. The van der Waals surface area contributed by atoms with E-state index in [0.717, 1.165) is 34.5 Å². The fourth-order valence-electron chi connectivity index (χ4n) is 1.87. The number of nitrogens with two attached hydrogens (primary N) is 1. The number of aryl methyl sites for hydroxylation is 1. The van der Waals surface area contributed by atoms with Gasteiger partial charge in [0.05, 0.1) is 0 Å². The Morgan fingerprint density at radius 2 is 2.25 bits per heavy atom. The molecule has 5 nitrogen and oxygen atoms in total. The SMILES string of the molecule is CCC(N)Cc1cc(Br)ccc1OCc1ncnn1C. The molecule has 2 rings (SSSR count). The highest BCUT2D eigenvalue weighted by molar-refractivity contribution is 9.10. The smallest absolute Gasteiger partial charge is 0.164 e.